The van der Waals surface area contributed by atoms with Crippen LogP contribution in [0, 0.1) is 0 Å². The number of aliphatic hydroxyl groups excluding tert-OH is 2. The zero-order valence-corrected chi connectivity index (χ0v) is 58.8. The fourth-order valence-electron chi connectivity index (χ4n) is 13.0. The normalized spacial score (nSPS) is 12.5. The van der Waals surface area contributed by atoms with Gasteiger partial charge in [0, 0.05) is 12.8 Å². The lowest BCUT2D eigenvalue weighted by atomic mass is 10.0. The molecule has 6 heteroatoms. The molecule has 0 bridgehead atoms. The summed E-state index contributed by atoms with van der Waals surface area (Å²) < 4.78 is 5.51. The molecule has 0 radical (unpaired) electrons. The zero-order valence-electron chi connectivity index (χ0n) is 58.8. The van der Waals surface area contributed by atoms with Gasteiger partial charge in [0.1, 0.15) is 0 Å². The van der Waals surface area contributed by atoms with Gasteiger partial charge < -0.3 is 20.3 Å². The molecule has 0 saturated heterocycles. The quantitative estimate of drug-likeness (QED) is 0.0320. The summed E-state index contributed by atoms with van der Waals surface area (Å²) in [6.45, 7) is 4.97. The number of ether oxygens (including phenoxy) is 1. The zero-order chi connectivity index (χ0) is 62.0. The molecule has 86 heavy (non-hydrogen) atoms. The molecule has 0 aromatic carbocycles. The lowest BCUT2D eigenvalue weighted by Crippen LogP contribution is -2.45. The first-order chi connectivity index (χ1) is 42.5. The first-order valence-corrected chi connectivity index (χ1v) is 40.0. The molecule has 2 atom stereocenters. The molecule has 3 N–H and O–H groups in total. The number of carbonyl (C=O) groups is 2. The van der Waals surface area contributed by atoms with E-state index >= 15 is 0 Å². The summed E-state index contributed by atoms with van der Waals surface area (Å²) in [7, 11) is 0. The molecule has 0 saturated carbocycles. The van der Waals surface area contributed by atoms with Gasteiger partial charge in [-0.2, -0.15) is 0 Å². The van der Waals surface area contributed by atoms with Crippen molar-refractivity contribution in [1.29, 1.82) is 0 Å². The first-order valence-electron chi connectivity index (χ1n) is 40.0. The molecule has 0 spiro atoms. The summed E-state index contributed by atoms with van der Waals surface area (Å²) in [6.07, 6.45) is 96.2. The Morgan fingerprint density at radius 1 is 0.314 bits per heavy atom. The molecular formula is C80H157NO5. The molecule has 0 aliphatic rings. The topological polar surface area (TPSA) is 95.9 Å². The third-order valence-corrected chi connectivity index (χ3v) is 19.1. The molecule has 0 aromatic rings. The Hall–Kier alpha value is -1.40. The van der Waals surface area contributed by atoms with E-state index in [1.807, 2.05) is 6.08 Å². The number of aliphatic hydroxyl groups is 2. The fourth-order valence-corrected chi connectivity index (χ4v) is 13.0. The summed E-state index contributed by atoms with van der Waals surface area (Å²) in [5.41, 5.74) is 0. The van der Waals surface area contributed by atoms with Crippen molar-refractivity contribution < 1.29 is 24.5 Å². The Balaban J connectivity index is 3.36. The largest absolute Gasteiger partial charge is 0.466 e. The molecule has 2 unspecified atom stereocenters. The average molecular weight is 1210 g/mol. The van der Waals surface area contributed by atoms with Crippen molar-refractivity contribution in [2.24, 2.45) is 0 Å². The smallest absolute Gasteiger partial charge is 0.305 e. The number of hydrogen-bond donors (Lipinski definition) is 3. The summed E-state index contributed by atoms with van der Waals surface area (Å²) in [5.74, 6) is -0.0350. The van der Waals surface area contributed by atoms with Crippen molar-refractivity contribution in [3.63, 3.8) is 0 Å². The van der Waals surface area contributed by atoms with Gasteiger partial charge in [0.2, 0.25) is 5.91 Å². The van der Waals surface area contributed by atoms with Crippen LogP contribution in [0.4, 0.5) is 0 Å². The maximum absolute atomic E-state index is 12.6. The molecule has 0 aliphatic heterocycles. The number of amides is 1. The van der Waals surface area contributed by atoms with E-state index in [1.165, 1.54) is 398 Å². The van der Waals surface area contributed by atoms with Crippen molar-refractivity contribution >= 4 is 11.9 Å². The standard InChI is InChI=1S/C80H157NO5/c1-3-5-7-9-11-13-15-17-19-20-21-22-23-29-32-35-38-41-45-48-52-56-60-64-68-72-78(83)77(76-82)81-79(84)73-69-65-61-57-53-49-46-42-39-36-33-30-27-25-24-26-28-31-34-37-40-43-47-51-55-59-63-67-71-75-86-80(85)74-70-66-62-58-54-50-44-18-16-14-12-10-8-6-4-2/h68,72,77-78,82-83H,3-67,69-71,73-76H2,1-2H3,(H,81,84)/b72-68+. The van der Waals surface area contributed by atoms with Crippen LogP contribution in [-0.4, -0.2) is 47.4 Å². The number of rotatable bonds is 76. The van der Waals surface area contributed by atoms with Crippen LogP contribution in [0.5, 0.6) is 0 Å². The number of carbonyl (C=O) groups excluding carboxylic acids is 2. The molecule has 0 rings (SSSR count). The van der Waals surface area contributed by atoms with E-state index < -0.39 is 12.1 Å². The maximum Gasteiger partial charge on any atom is 0.305 e. The van der Waals surface area contributed by atoms with Gasteiger partial charge in [-0.05, 0) is 32.1 Å². The molecule has 512 valence electrons. The number of esters is 1. The highest BCUT2D eigenvalue weighted by Crippen LogP contribution is 2.20. The summed E-state index contributed by atoms with van der Waals surface area (Å²) in [4.78, 5) is 24.7. The number of nitrogens with one attached hydrogen (secondary N) is 1. The van der Waals surface area contributed by atoms with Crippen LogP contribution in [0.1, 0.15) is 463 Å². The third kappa shape index (κ3) is 71.7. The van der Waals surface area contributed by atoms with Crippen molar-refractivity contribution in [3.05, 3.63) is 12.2 Å². The Morgan fingerprint density at radius 2 is 0.535 bits per heavy atom. The van der Waals surface area contributed by atoms with Gasteiger partial charge in [0.15, 0.2) is 0 Å². The number of hydrogen-bond acceptors (Lipinski definition) is 5. The highest BCUT2D eigenvalue weighted by atomic mass is 16.5. The summed E-state index contributed by atoms with van der Waals surface area (Å²) in [6, 6.07) is -0.626. The Kier molecular flexibility index (Phi) is 74.8. The molecule has 0 aromatic heterocycles. The highest BCUT2D eigenvalue weighted by molar-refractivity contribution is 5.76. The van der Waals surface area contributed by atoms with Crippen LogP contribution in [0.15, 0.2) is 12.2 Å². The predicted octanol–water partition coefficient (Wildman–Crippen LogP) is 26.3. The monoisotopic (exact) mass is 1210 g/mol. The van der Waals surface area contributed by atoms with E-state index in [1.54, 1.807) is 6.08 Å². The van der Waals surface area contributed by atoms with Gasteiger partial charge in [0.05, 0.1) is 25.4 Å². The van der Waals surface area contributed by atoms with Crippen LogP contribution >= 0.6 is 0 Å². The highest BCUT2D eigenvalue weighted by Gasteiger charge is 2.18. The Bertz CT molecular complexity index is 1300. The maximum atomic E-state index is 12.6. The van der Waals surface area contributed by atoms with Gasteiger partial charge >= 0.3 is 5.97 Å². The van der Waals surface area contributed by atoms with Crippen LogP contribution in [0.25, 0.3) is 0 Å². The Labute approximate surface area is 539 Å². The minimum Gasteiger partial charge on any atom is -0.466 e. The number of allylic oxidation sites excluding steroid dienone is 1. The van der Waals surface area contributed by atoms with E-state index in [-0.39, 0.29) is 18.5 Å². The Morgan fingerprint density at radius 3 is 0.791 bits per heavy atom. The molecular weight excluding hydrogens is 1050 g/mol. The second-order valence-electron chi connectivity index (χ2n) is 27.8. The van der Waals surface area contributed by atoms with Crippen molar-refractivity contribution in [1.82, 2.24) is 5.32 Å². The van der Waals surface area contributed by atoms with E-state index in [4.69, 9.17) is 4.74 Å². The molecule has 0 heterocycles. The van der Waals surface area contributed by atoms with E-state index in [2.05, 4.69) is 19.2 Å². The molecule has 6 nitrogen and oxygen atoms in total. The van der Waals surface area contributed by atoms with Crippen molar-refractivity contribution in [2.45, 2.75) is 475 Å². The first kappa shape index (κ1) is 84.6. The van der Waals surface area contributed by atoms with Gasteiger partial charge in [-0.15, -0.1) is 0 Å². The fraction of sp³-hybridized carbons (Fsp3) is 0.950. The average Bonchev–Trinajstić information content (AvgIpc) is 3.52. The molecule has 1 amide bonds. The SMILES string of the molecule is CCCCCCCCCCCCCCCCCCCCCCCCC/C=C/C(O)C(CO)NC(=O)CCCCCCCCCCCCCCCCCCCCCCCCCCCCCCCOC(=O)CCCCCCCCCCCCCCCCC. The van der Waals surface area contributed by atoms with Crippen LogP contribution in [0.2, 0.25) is 0 Å². The van der Waals surface area contributed by atoms with Gasteiger partial charge in [0.25, 0.3) is 0 Å². The summed E-state index contributed by atoms with van der Waals surface area (Å²) in [5, 5.41) is 23.3. The van der Waals surface area contributed by atoms with E-state index in [0.29, 0.717) is 19.4 Å². The van der Waals surface area contributed by atoms with Crippen molar-refractivity contribution in [3.8, 4) is 0 Å². The summed E-state index contributed by atoms with van der Waals surface area (Å²) >= 11 is 0. The lowest BCUT2D eigenvalue weighted by Gasteiger charge is -2.20. The second kappa shape index (κ2) is 76.1. The van der Waals surface area contributed by atoms with E-state index in [0.717, 1.165) is 38.5 Å². The molecule has 0 aliphatic carbocycles. The lowest BCUT2D eigenvalue weighted by molar-refractivity contribution is -0.143. The van der Waals surface area contributed by atoms with Crippen molar-refractivity contribution in [2.75, 3.05) is 13.2 Å². The number of unbranched alkanes of at least 4 members (excludes halogenated alkanes) is 65. The molecule has 0 fully saturated rings. The minimum absolute atomic E-state index is 0.0234. The minimum atomic E-state index is -0.843. The van der Waals surface area contributed by atoms with Crippen LogP contribution < -0.4 is 5.32 Å². The van der Waals surface area contributed by atoms with Gasteiger partial charge in [-0.3, -0.25) is 9.59 Å². The third-order valence-electron chi connectivity index (χ3n) is 19.1. The second-order valence-corrected chi connectivity index (χ2v) is 27.8. The van der Waals surface area contributed by atoms with Crippen LogP contribution in [-0.2, 0) is 14.3 Å². The van der Waals surface area contributed by atoms with Crippen LogP contribution in [0.3, 0.4) is 0 Å². The predicted molar refractivity (Wildman–Crippen MR) is 380 cm³/mol. The van der Waals surface area contributed by atoms with E-state index in [9.17, 15) is 19.8 Å². The van der Waals surface area contributed by atoms with Gasteiger partial charge in [-0.1, -0.05) is 431 Å². The van der Waals surface area contributed by atoms with Gasteiger partial charge in [-0.25, -0.2) is 0 Å².